The molecule has 3 rings (SSSR count). The Morgan fingerprint density at radius 1 is 1.08 bits per heavy atom. The van der Waals surface area contributed by atoms with Gasteiger partial charge in [-0.1, -0.05) is 35.4 Å². The van der Waals surface area contributed by atoms with Crippen molar-refractivity contribution in [3.63, 3.8) is 0 Å². The van der Waals surface area contributed by atoms with Gasteiger partial charge in [0, 0.05) is 11.2 Å². The number of hydrogen-bond acceptors (Lipinski definition) is 7. The molecule has 9 heteroatoms. The lowest BCUT2D eigenvalue weighted by Gasteiger charge is -2.06. The number of aromatic nitrogens is 2. The van der Waals surface area contributed by atoms with Gasteiger partial charge in [-0.15, -0.1) is 16.9 Å². The van der Waals surface area contributed by atoms with Crippen LogP contribution >= 0.6 is 11.8 Å². The third kappa shape index (κ3) is 4.50. The monoisotopic (exact) mass is 389 g/mol. The minimum Gasteiger partial charge on any atom is -0.407 e. The first-order valence-electron chi connectivity index (χ1n) is 7.54. The van der Waals surface area contributed by atoms with Crippen molar-refractivity contribution in [1.82, 2.24) is 10.2 Å². The number of amides is 1. The van der Waals surface area contributed by atoms with E-state index in [1.54, 1.807) is 12.1 Å². The lowest BCUT2D eigenvalue weighted by molar-refractivity contribution is 0.102. The van der Waals surface area contributed by atoms with E-state index in [0.29, 0.717) is 11.6 Å². The zero-order chi connectivity index (χ0) is 18.6. The third-order valence-corrected chi connectivity index (χ3v) is 5.48. The van der Waals surface area contributed by atoms with Crippen LogP contribution in [-0.4, -0.2) is 30.8 Å². The van der Waals surface area contributed by atoms with Gasteiger partial charge in [-0.2, -0.15) is 0 Å². The van der Waals surface area contributed by atoms with Gasteiger partial charge in [0.15, 0.2) is 9.84 Å². The normalized spacial score (nSPS) is 11.3. The predicted molar refractivity (Wildman–Crippen MR) is 97.8 cm³/mol. The van der Waals surface area contributed by atoms with Crippen LogP contribution in [0.25, 0.3) is 0 Å². The molecule has 7 nitrogen and oxygen atoms in total. The van der Waals surface area contributed by atoms with Crippen LogP contribution in [0.4, 0.5) is 6.01 Å². The smallest absolute Gasteiger partial charge is 0.322 e. The lowest BCUT2D eigenvalue weighted by atomic mass is 10.2. The maximum Gasteiger partial charge on any atom is 0.322 e. The minimum atomic E-state index is -3.54. The zero-order valence-electron chi connectivity index (χ0n) is 13.7. The summed E-state index contributed by atoms with van der Waals surface area (Å²) in [5.74, 6) is 0.176. The van der Waals surface area contributed by atoms with Crippen molar-refractivity contribution in [2.24, 2.45) is 0 Å². The van der Waals surface area contributed by atoms with E-state index in [4.69, 9.17) is 4.42 Å². The molecule has 0 saturated heterocycles. The number of sulfone groups is 1. The summed E-state index contributed by atoms with van der Waals surface area (Å²) in [7, 11) is -3.54. The molecule has 1 aromatic heterocycles. The van der Waals surface area contributed by atoms with E-state index in [2.05, 4.69) is 15.5 Å². The van der Waals surface area contributed by atoms with Crippen LogP contribution < -0.4 is 5.32 Å². The fourth-order valence-electron chi connectivity index (χ4n) is 2.17. The molecule has 134 valence electrons. The number of nitrogens with zero attached hydrogens (tertiary/aromatic N) is 2. The molecule has 1 N–H and O–H groups in total. The van der Waals surface area contributed by atoms with Crippen molar-refractivity contribution in [2.45, 2.75) is 15.5 Å². The Bertz CT molecular complexity index is 1020. The zero-order valence-corrected chi connectivity index (χ0v) is 15.4. The SMILES string of the molecule is CS(=O)(=O)c1ccccc1C(=O)Nc1nnc(CSc2ccccc2)o1. The summed E-state index contributed by atoms with van der Waals surface area (Å²) in [5, 5.41) is 10.1. The van der Waals surface area contributed by atoms with Crippen LogP contribution in [0.2, 0.25) is 0 Å². The van der Waals surface area contributed by atoms with E-state index in [1.807, 2.05) is 30.3 Å². The van der Waals surface area contributed by atoms with Crippen LogP contribution in [0.1, 0.15) is 16.2 Å². The van der Waals surface area contributed by atoms with Gasteiger partial charge >= 0.3 is 6.01 Å². The molecule has 0 aliphatic carbocycles. The molecule has 0 unspecified atom stereocenters. The average Bonchev–Trinajstić information content (AvgIpc) is 3.07. The van der Waals surface area contributed by atoms with E-state index in [9.17, 15) is 13.2 Å². The molecule has 0 bridgehead atoms. The Labute approximate surface area is 154 Å². The summed E-state index contributed by atoms with van der Waals surface area (Å²) in [6, 6.07) is 15.6. The minimum absolute atomic E-state index is 0.0217. The largest absolute Gasteiger partial charge is 0.407 e. The van der Waals surface area contributed by atoms with Crippen LogP contribution in [0.5, 0.6) is 0 Å². The second-order valence-corrected chi connectivity index (χ2v) is 8.36. The molecule has 0 fully saturated rings. The van der Waals surface area contributed by atoms with Gasteiger partial charge < -0.3 is 4.42 Å². The van der Waals surface area contributed by atoms with Gasteiger partial charge in [0.25, 0.3) is 5.91 Å². The van der Waals surface area contributed by atoms with Crippen molar-refractivity contribution in [1.29, 1.82) is 0 Å². The van der Waals surface area contributed by atoms with Crippen molar-refractivity contribution >= 4 is 33.5 Å². The van der Waals surface area contributed by atoms with Crippen LogP contribution in [-0.2, 0) is 15.6 Å². The highest BCUT2D eigenvalue weighted by Crippen LogP contribution is 2.23. The Kier molecular flexibility index (Phi) is 5.38. The Balaban J connectivity index is 1.69. The first-order chi connectivity index (χ1) is 12.4. The maximum atomic E-state index is 12.4. The molecule has 0 aliphatic heterocycles. The molecular weight excluding hydrogens is 374 g/mol. The molecule has 0 aliphatic rings. The predicted octanol–water partition coefficient (Wildman–Crippen LogP) is 3.02. The van der Waals surface area contributed by atoms with Gasteiger partial charge in [0.2, 0.25) is 5.89 Å². The highest BCUT2D eigenvalue weighted by molar-refractivity contribution is 7.98. The number of carbonyl (C=O) groups excluding carboxylic acids is 1. The van der Waals surface area contributed by atoms with E-state index in [1.165, 1.54) is 23.9 Å². The molecular formula is C17H15N3O4S2. The molecule has 2 aromatic carbocycles. The van der Waals surface area contributed by atoms with Gasteiger partial charge in [-0.25, -0.2) is 8.42 Å². The Morgan fingerprint density at radius 3 is 2.50 bits per heavy atom. The summed E-state index contributed by atoms with van der Waals surface area (Å²) in [6.07, 6.45) is 1.05. The van der Waals surface area contributed by atoms with E-state index in [-0.39, 0.29) is 16.5 Å². The van der Waals surface area contributed by atoms with Crippen molar-refractivity contribution < 1.29 is 17.6 Å². The number of hydrogen-bond donors (Lipinski definition) is 1. The second kappa shape index (κ2) is 7.71. The van der Waals surface area contributed by atoms with Gasteiger partial charge in [0.05, 0.1) is 16.2 Å². The van der Waals surface area contributed by atoms with Crippen molar-refractivity contribution in [2.75, 3.05) is 11.6 Å². The quantitative estimate of drug-likeness (QED) is 0.647. The number of rotatable bonds is 6. The standard InChI is InChI=1S/C17H15N3O4S2/c1-26(22,23)14-10-6-5-9-13(14)16(21)18-17-20-19-15(24-17)11-25-12-7-3-2-4-8-12/h2-10H,11H2,1H3,(H,18,20,21). The molecule has 26 heavy (non-hydrogen) atoms. The molecule has 0 atom stereocenters. The summed E-state index contributed by atoms with van der Waals surface area (Å²) in [6.45, 7) is 0. The first kappa shape index (κ1) is 18.2. The second-order valence-electron chi connectivity index (χ2n) is 5.33. The molecule has 1 amide bonds. The fourth-order valence-corrected chi connectivity index (χ4v) is 3.81. The van der Waals surface area contributed by atoms with Crippen molar-refractivity contribution in [3.05, 3.63) is 66.1 Å². The van der Waals surface area contributed by atoms with Crippen molar-refractivity contribution in [3.8, 4) is 0 Å². The number of nitrogens with one attached hydrogen (secondary N) is 1. The average molecular weight is 389 g/mol. The highest BCUT2D eigenvalue weighted by atomic mass is 32.2. The van der Waals surface area contributed by atoms with E-state index in [0.717, 1.165) is 11.2 Å². The fraction of sp³-hybridized carbons (Fsp3) is 0.118. The molecule has 0 spiro atoms. The maximum absolute atomic E-state index is 12.4. The van der Waals surface area contributed by atoms with Gasteiger partial charge in [-0.05, 0) is 24.3 Å². The topological polar surface area (TPSA) is 102 Å². The molecule has 1 heterocycles. The number of benzene rings is 2. The summed E-state index contributed by atoms with van der Waals surface area (Å²) in [5.41, 5.74) is 0.0217. The molecule has 3 aromatic rings. The van der Waals surface area contributed by atoms with Gasteiger partial charge in [-0.3, -0.25) is 10.1 Å². The first-order valence-corrected chi connectivity index (χ1v) is 10.4. The van der Waals surface area contributed by atoms with Crippen LogP contribution in [0.15, 0.2) is 68.8 Å². The van der Waals surface area contributed by atoms with Crippen LogP contribution in [0.3, 0.4) is 0 Å². The lowest BCUT2D eigenvalue weighted by Crippen LogP contribution is -2.16. The summed E-state index contributed by atoms with van der Waals surface area (Å²) >= 11 is 1.52. The Morgan fingerprint density at radius 2 is 1.77 bits per heavy atom. The number of anilines is 1. The van der Waals surface area contributed by atoms with E-state index >= 15 is 0 Å². The van der Waals surface area contributed by atoms with Crippen LogP contribution in [0, 0.1) is 0 Å². The van der Waals surface area contributed by atoms with E-state index < -0.39 is 15.7 Å². The van der Waals surface area contributed by atoms with Gasteiger partial charge in [0.1, 0.15) is 0 Å². The summed E-state index contributed by atoms with van der Waals surface area (Å²) < 4.78 is 29.0. The number of thioether (sulfide) groups is 1. The Hall–Kier alpha value is -2.65. The molecule has 0 radical (unpaired) electrons. The summed E-state index contributed by atoms with van der Waals surface area (Å²) in [4.78, 5) is 13.4. The molecule has 0 saturated carbocycles. The highest BCUT2D eigenvalue weighted by Gasteiger charge is 2.19. The number of carbonyl (C=O) groups is 1. The third-order valence-electron chi connectivity index (χ3n) is 3.32.